The molecule has 20 heavy (non-hydrogen) atoms. The summed E-state index contributed by atoms with van der Waals surface area (Å²) >= 11 is 0. The van der Waals surface area contributed by atoms with Crippen LogP contribution in [0.2, 0.25) is 0 Å². The lowest BCUT2D eigenvalue weighted by Crippen LogP contribution is -2.34. The Balaban J connectivity index is 1.88. The van der Waals surface area contributed by atoms with E-state index in [1.807, 2.05) is 24.3 Å². The Morgan fingerprint density at radius 3 is 2.75 bits per heavy atom. The number of anilines is 1. The van der Waals surface area contributed by atoms with E-state index < -0.39 is 10.0 Å². The fourth-order valence-corrected chi connectivity index (χ4v) is 4.87. The number of hydrogen-bond acceptors (Lipinski definition) is 3. The molecule has 2 aromatic rings. The van der Waals surface area contributed by atoms with E-state index in [1.54, 1.807) is 12.1 Å². The van der Waals surface area contributed by atoms with Crippen LogP contribution in [0.1, 0.15) is 12.8 Å². The van der Waals surface area contributed by atoms with Crippen LogP contribution in [0.25, 0.3) is 10.8 Å². The van der Waals surface area contributed by atoms with Gasteiger partial charge in [-0.25, -0.2) is 8.42 Å². The molecule has 0 saturated carbocycles. The number of hydrogen-bond donors (Lipinski definition) is 0. The Morgan fingerprint density at radius 1 is 1.20 bits per heavy atom. The van der Waals surface area contributed by atoms with Crippen molar-refractivity contribution in [2.75, 3.05) is 17.5 Å². The van der Waals surface area contributed by atoms with Crippen molar-refractivity contribution in [2.45, 2.75) is 23.8 Å². The molecule has 1 fully saturated rings. The van der Waals surface area contributed by atoms with Crippen LogP contribution in [0.15, 0.2) is 41.3 Å². The average Bonchev–Trinajstić information content (AvgIpc) is 3.02. The number of rotatable bonds is 2. The van der Waals surface area contributed by atoms with Crippen LogP contribution in [-0.4, -0.2) is 27.7 Å². The third-order valence-corrected chi connectivity index (χ3v) is 5.90. The maximum absolute atomic E-state index is 12.7. The lowest BCUT2D eigenvalue weighted by Gasteiger charge is -2.22. The second kappa shape index (κ2) is 4.20. The van der Waals surface area contributed by atoms with Gasteiger partial charge in [0.15, 0.2) is 0 Å². The highest BCUT2D eigenvalue weighted by atomic mass is 32.2. The van der Waals surface area contributed by atoms with Crippen molar-refractivity contribution in [3.63, 3.8) is 0 Å². The second-order valence-electron chi connectivity index (χ2n) is 5.30. The maximum Gasteiger partial charge on any atom is 0.265 e. The lowest BCUT2D eigenvalue weighted by molar-refractivity contribution is 0.118. The zero-order chi connectivity index (χ0) is 13.7. The Labute approximate surface area is 118 Å². The van der Waals surface area contributed by atoms with E-state index >= 15 is 0 Å². The van der Waals surface area contributed by atoms with Gasteiger partial charge >= 0.3 is 0 Å². The van der Waals surface area contributed by atoms with Crippen molar-refractivity contribution in [3.8, 4) is 0 Å². The van der Waals surface area contributed by atoms with Gasteiger partial charge in [-0.15, -0.1) is 0 Å². The molecule has 2 aromatic carbocycles. The van der Waals surface area contributed by atoms with E-state index in [4.69, 9.17) is 4.74 Å². The first-order valence-corrected chi connectivity index (χ1v) is 8.28. The fourth-order valence-electron chi connectivity index (χ4n) is 3.13. The van der Waals surface area contributed by atoms with Crippen LogP contribution in [0, 0.1) is 0 Å². The Kier molecular flexibility index (Phi) is 2.56. The Bertz CT molecular complexity index is 774. The summed E-state index contributed by atoms with van der Waals surface area (Å²) in [6, 6.07) is 11.2. The first kappa shape index (κ1) is 12.2. The summed E-state index contributed by atoms with van der Waals surface area (Å²) in [6.07, 6.45) is 1.95. The molecular formula is C15H15NO3S. The summed E-state index contributed by atoms with van der Waals surface area (Å²) in [4.78, 5) is 0.420. The zero-order valence-corrected chi connectivity index (χ0v) is 11.8. The predicted octanol–water partition coefficient (Wildman–Crippen LogP) is 2.53. The predicted molar refractivity (Wildman–Crippen MR) is 77.5 cm³/mol. The van der Waals surface area contributed by atoms with Gasteiger partial charge in [0.1, 0.15) is 0 Å². The highest BCUT2D eigenvalue weighted by Crippen LogP contribution is 2.42. The minimum Gasteiger partial charge on any atom is -0.376 e. The van der Waals surface area contributed by atoms with Crippen molar-refractivity contribution >= 4 is 26.5 Å². The van der Waals surface area contributed by atoms with Gasteiger partial charge in [0, 0.05) is 12.0 Å². The first-order chi connectivity index (χ1) is 9.68. The maximum atomic E-state index is 12.7. The molecule has 4 rings (SSSR count). The molecule has 2 heterocycles. The van der Waals surface area contributed by atoms with Crippen LogP contribution in [-0.2, 0) is 14.8 Å². The van der Waals surface area contributed by atoms with Gasteiger partial charge in [0.25, 0.3) is 10.0 Å². The largest absolute Gasteiger partial charge is 0.376 e. The smallest absolute Gasteiger partial charge is 0.265 e. The quantitative estimate of drug-likeness (QED) is 0.853. The number of nitrogens with zero attached hydrogens (tertiary/aromatic N) is 1. The lowest BCUT2D eigenvalue weighted by atomic mass is 10.1. The van der Waals surface area contributed by atoms with Gasteiger partial charge < -0.3 is 4.74 Å². The Morgan fingerprint density at radius 2 is 2.00 bits per heavy atom. The van der Waals surface area contributed by atoms with Crippen molar-refractivity contribution < 1.29 is 13.2 Å². The van der Waals surface area contributed by atoms with Gasteiger partial charge in [-0.1, -0.05) is 24.3 Å². The number of sulfonamides is 1. The van der Waals surface area contributed by atoms with Gasteiger partial charge in [-0.05, 0) is 30.4 Å². The molecule has 104 valence electrons. The summed E-state index contributed by atoms with van der Waals surface area (Å²) in [6.45, 7) is 1.14. The molecule has 0 N–H and O–H groups in total. The van der Waals surface area contributed by atoms with Crippen molar-refractivity contribution in [1.29, 1.82) is 0 Å². The van der Waals surface area contributed by atoms with E-state index in [1.165, 1.54) is 4.31 Å². The van der Waals surface area contributed by atoms with E-state index in [0.29, 0.717) is 11.4 Å². The van der Waals surface area contributed by atoms with Crippen LogP contribution in [0.5, 0.6) is 0 Å². The first-order valence-electron chi connectivity index (χ1n) is 6.84. The summed E-state index contributed by atoms with van der Waals surface area (Å²) in [7, 11) is -3.43. The highest BCUT2D eigenvalue weighted by Gasteiger charge is 2.37. The molecule has 1 saturated heterocycles. The number of ether oxygens (including phenoxy) is 1. The summed E-state index contributed by atoms with van der Waals surface area (Å²) in [5, 5.41) is 1.81. The molecule has 0 radical (unpaired) electrons. The summed E-state index contributed by atoms with van der Waals surface area (Å²) in [5.74, 6) is 0. The highest BCUT2D eigenvalue weighted by molar-refractivity contribution is 7.93. The Hall–Kier alpha value is -1.59. The SMILES string of the molecule is O=S1(=O)c2cccc3cccc(c23)N1CC1CCCO1. The minimum atomic E-state index is -3.43. The summed E-state index contributed by atoms with van der Waals surface area (Å²) < 4.78 is 32.6. The standard InChI is InChI=1S/C15H15NO3S/c17-20(18)14-8-2-5-11-4-1-7-13(15(11)14)16(20)10-12-6-3-9-19-12/h1-2,4-5,7-8,12H,3,6,9-10H2. The van der Waals surface area contributed by atoms with Gasteiger partial charge in [0.05, 0.1) is 23.2 Å². The van der Waals surface area contributed by atoms with Crippen LogP contribution >= 0.6 is 0 Å². The second-order valence-corrected chi connectivity index (χ2v) is 7.13. The summed E-state index contributed by atoms with van der Waals surface area (Å²) in [5.41, 5.74) is 0.786. The molecule has 2 aliphatic rings. The van der Waals surface area contributed by atoms with Gasteiger partial charge in [-0.3, -0.25) is 4.31 Å². The zero-order valence-electron chi connectivity index (χ0n) is 11.0. The molecule has 0 amide bonds. The molecule has 0 aromatic heterocycles. The van der Waals surface area contributed by atoms with Gasteiger partial charge in [-0.2, -0.15) is 0 Å². The van der Waals surface area contributed by atoms with E-state index in [0.717, 1.165) is 35.9 Å². The van der Waals surface area contributed by atoms with E-state index in [2.05, 4.69) is 0 Å². The normalized spacial score (nSPS) is 23.6. The molecule has 0 aliphatic carbocycles. The van der Waals surface area contributed by atoms with E-state index in [-0.39, 0.29) is 6.10 Å². The topological polar surface area (TPSA) is 46.6 Å². The molecule has 5 heteroatoms. The molecule has 2 aliphatic heterocycles. The molecule has 1 unspecified atom stereocenters. The number of benzene rings is 2. The van der Waals surface area contributed by atoms with Gasteiger partial charge in [0.2, 0.25) is 0 Å². The molecule has 0 spiro atoms. The third kappa shape index (κ3) is 1.60. The van der Waals surface area contributed by atoms with Crippen molar-refractivity contribution in [2.24, 2.45) is 0 Å². The van der Waals surface area contributed by atoms with E-state index in [9.17, 15) is 8.42 Å². The van der Waals surface area contributed by atoms with Crippen LogP contribution < -0.4 is 4.31 Å². The van der Waals surface area contributed by atoms with Crippen molar-refractivity contribution in [3.05, 3.63) is 36.4 Å². The molecule has 0 bridgehead atoms. The monoisotopic (exact) mass is 289 g/mol. The third-order valence-electron chi connectivity index (χ3n) is 4.07. The fraction of sp³-hybridized carbons (Fsp3) is 0.333. The minimum absolute atomic E-state index is 0.00865. The molecule has 1 atom stereocenters. The van der Waals surface area contributed by atoms with Crippen molar-refractivity contribution in [1.82, 2.24) is 0 Å². The van der Waals surface area contributed by atoms with Crippen LogP contribution in [0.3, 0.4) is 0 Å². The van der Waals surface area contributed by atoms with Crippen LogP contribution in [0.4, 0.5) is 5.69 Å². The molecule has 4 nitrogen and oxygen atoms in total. The average molecular weight is 289 g/mol. The molecular weight excluding hydrogens is 274 g/mol.